The molecular weight excluding hydrogens is 580 g/mol. The first-order chi connectivity index (χ1) is 23.2. The van der Waals surface area contributed by atoms with Crippen LogP contribution >= 0.6 is 0 Å². The van der Waals surface area contributed by atoms with Crippen LogP contribution in [0.1, 0.15) is 22.3 Å². The minimum absolute atomic E-state index is 0.195. The van der Waals surface area contributed by atoms with Crippen molar-refractivity contribution in [3.63, 3.8) is 0 Å². The van der Waals surface area contributed by atoms with Gasteiger partial charge in [0.15, 0.2) is 0 Å². The summed E-state index contributed by atoms with van der Waals surface area (Å²) in [7, 11) is 0. The Bertz CT molecular complexity index is 2250. The predicted octanol–water partition coefficient (Wildman–Crippen LogP) is 7.31. The van der Waals surface area contributed by atoms with Crippen LogP contribution in [0.4, 0.5) is 0 Å². The van der Waals surface area contributed by atoms with Crippen LogP contribution in [0, 0.1) is 0 Å². The van der Waals surface area contributed by atoms with Gasteiger partial charge in [-0.2, -0.15) is 15.3 Å². The second-order valence-electron chi connectivity index (χ2n) is 11.4. The Hall–Kier alpha value is -6.34. The van der Waals surface area contributed by atoms with Gasteiger partial charge in [-0.05, 0) is 34.9 Å². The highest BCUT2D eigenvalue weighted by Gasteiger charge is 2.39. The lowest BCUT2D eigenvalue weighted by Gasteiger charge is -2.36. The zero-order valence-corrected chi connectivity index (χ0v) is 25.5. The van der Waals surface area contributed by atoms with E-state index in [9.17, 15) is 4.79 Å². The molecule has 4 aromatic heterocycles. The van der Waals surface area contributed by atoms with E-state index >= 15 is 0 Å². The van der Waals surface area contributed by atoms with E-state index in [2.05, 4.69) is 72.8 Å². The molecule has 0 bridgehead atoms. The number of aromatic nitrogens is 6. The van der Waals surface area contributed by atoms with Crippen molar-refractivity contribution >= 4 is 5.52 Å². The maximum absolute atomic E-state index is 13.3. The number of fused-ring (bicyclic) bond motifs is 1. The van der Waals surface area contributed by atoms with E-state index in [1.165, 1.54) is 4.68 Å². The second-order valence-corrected chi connectivity index (χ2v) is 11.4. The molecule has 0 amide bonds. The van der Waals surface area contributed by atoms with Gasteiger partial charge >= 0.3 is 0 Å². The lowest BCUT2D eigenvalue weighted by Crippen LogP contribution is -2.38. The molecule has 7 heteroatoms. The molecule has 0 saturated carbocycles. The van der Waals surface area contributed by atoms with Gasteiger partial charge in [0.1, 0.15) is 11.2 Å². The largest absolute Gasteiger partial charge is 0.268 e. The fourth-order valence-electron chi connectivity index (χ4n) is 6.48. The van der Waals surface area contributed by atoms with E-state index < -0.39 is 5.54 Å². The molecular formula is C40H30N6O. The summed E-state index contributed by atoms with van der Waals surface area (Å²) in [5.41, 5.74) is 7.38. The van der Waals surface area contributed by atoms with E-state index in [0.29, 0.717) is 5.69 Å². The molecule has 0 unspecified atom stereocenters. The van der Waals surface area contributed by atoms with Crippen LogP contribution in [0.3, 0.4) is 0 Å². The van der Waals surface area contributed by atoms with Crippen LogP contribution in [-0.2, 0) is 12.1 Å². The van der Waals surface area contributed by atoms with Gasteiger partial charge in [0, 0.05) is 29.6 Å². The predicted molar refractivity (Wildman–Crippen MR) is 184 cm³/mol. The van der Waals surface area contributed by atoms with E-state index in [4.69, 9.17) is 15.3 Å². The molecule has 4 aromatic carbocycles. The first kappa shape index (κ1) is 28.2. The van der Waals surface area contributed by atoms with E-state index in [1.54, 1.807) is 12.1 Å². The molecule has 0 aliphatic carbocycles. The summed E-state index contributed by atoms with van der Waals surface area (Å²) in [5.74, 6) is 0. The summed E-state index contributed by atoms with van der Waals surface area (Å²) < 4.78 is 5.37. The molecule has 0 aliphatic heterocycles. The molecule has 0 radical (unpaired) electrons. The Kier molecular flexibility index (Phi) is 7.11. The molecule has 226 valence electrons. The van der Waals surface area contributed by atoms with Gasteiger partial charge in [-0.25, -0.2) is 9.20 Å². The van der Waals surface area contributed by atoms with Crippen LogP contribution in [0.5, 0.6) is 0 Å². The Labute approximate surface area is 271 Å². The average molecular weight is 611 g/mol. The smallest absolute Gasteiger partial charge is 0.267 e. The first-order valence-corrected chi connectivity index (χ1v) is 15.5. The molecule has 7 nitrogen and oxygen atoms in total. The van der Waals surface area contributed by atoms with Crippen molar-refractivity contribution in [3.05, 3.63) is 203 Å². The van der Waals surface area contributed by atoms with Gasteiger partial charge in [0.05, 0.1) is 29.5 Å². The summed E-state index contributed by atoms with van der Waals surface area (Å²) in [6, 6.07) is 50.6. The third kappa shape index (κ3) is 4.94. The maximum Gasteiger partial charge on any atom is 0.267 e. The minimum Gasteiger partial charge on any atom is -0.268 e. The molecule has 0 spiro atoms. The Morgan fingerprint density at radius 3 is 1.79 bits per heavy atom. The van der Waals surface area contributed by atoms with Crippen molar-refractivity contribution in [2.75, 3.05) is 0 Å². The molecule has 0 atom stereocenters. The SMILES string of the molecule is O=c1ccc(-c2c(-c3ccccc3)nn3ccccc23)nn1Cc1cnn(C(c2ccccc2)(c2ccccc2)c2ccccc2)c1. The summed E-state index contributed by atoms with van der Waals surface area (Å²) in [5, 5.41) is 14.8. The van der Waals surface area contributed by atoms with Crippen molar-refractivity contribution in [3.8, 4) is 22.5 Å². The molecule has 0 aliphatic rings. The number of benzene rings is 4. The van der Waals surface area contributed by atoms with Gasteiger partial charge < -0.3 is 0 Å². The Morgan fingerprint density at radius 2 is 1.17 bits per heavy atom. The van der Waals surface area contributed by atoms with Gasteiger partial charge in [-0.15, -0.1) is 0 Å². The Morgan fingerprint density at radius 1 is 0.596 bits per heavy atom. The fourth-order valence-corrected chi connectivity index (χ4v) is 6.48. The van der Waals surface area contributed by atoms with Crippen LogP contribution in [0.15, 0.2) is 175 Å². The monoisotopic (exact) mass is 610 g/mol. The van der Waals surface area contributed by atoms with Gasteiger partial charge in [0.2, 0.25) is 0 Å². The fraction of sp³-hybridized carbons (Fsp3) is 0.0500. The average Bonchev–Trinajstić information content (AvgIpc) is 3.77. The lowest BCUT2D eigenvalue weighted by atomic mass is 9.77. The minimum atomic E-state index is -0.746. The van der Waals surface area contributed by atoms with Crippen molar-refractivity contribution in [1.82, 2.24) is 29.2 Å². The first-order valence-electron chi connectivity index (χ1n) is 15.5. The van der Waals surface area contributed by atoms with Gasteiger partial charge in [-0.1, -0.05) is 127 Å². The van der Waals surface area contributed by atoms with Crippen molar-refractivity contribution in [2.24, 2.45) is 0 Å². The molecule has 4 heterocycles. The topological polar surface area (TPSA) is 70.0 Å². The van der Waals surface area contributed by atoms with Gasteiger partial charge in [-0.3, -0.25) is 9.48 Å². The quantitative estimate of drug-likeness (QED) is 0.169. The Balaban J connectivity index is 1.25. The highest BCUT2D eigenvalue weighted by molar-refractivity contribution is 5.90. The molecule has 0 N–H and O–H groups in total. The summed E-state index contributed by atoms with van der Waals surface area (Å²) in [4.78, 5) is 13.3. The normalized spacial score (nSPS) is 11.6. The number of pyridine rings is 1. The van der Waals surface area contributed by atoms with Gasteiger partial charge in [0.25, 0.3) is 5.56 Å². The molecule has 8 aromatic rings. The number of hydrogen-bond donors (Lipinski definition) is 0. The van der Waals surface area contributed by atoms with Crippen LogP contribution in [0.2, 0.25) is 0 Å². The van der Waals surface area contributed by atoms with Crippen LogP contribution < -0.4 is 5.56 Å². The van der Waals surface area contributed by atoms with E-state index in [-0.39, 0.29) is 12.1 Å². The number of hydrogen-bond acceptors (Lipinski definition) is 4. The molecule has 0 saturated heterocycles. The highest BCUT2D eigenvalue weighted by Crippen LogP contribution is 2.40. The standard InChI is InChI=1S/C40H30N6O/c47-37-25-24-35(38-36-23-13-14-26-44(36)43-39(38)31-15-5-1-6-16-31)42-45(37)28-30-27-41-46(29-30)40(32-17-7-2-8-18-32,33-19-9-3-10-20-33)34-21-11-4-12-22-34/h1-27,29H,28H2. The molecule has 8 rings (SSSR count). The number of nitrogens with zero attached hydrogens (tertiary/aromatic N) is 6. The van der Waals surface area contributed by atoms with Crippen molar-refractivity contribution in [1.29, 1.82) is 0 Å². The maximum atomic E-state index is 13.3. The zero-order chi connectivity index (χ0) is 31.6. The molecule has 47 heavy (non-hydrogen) atoms. The lowest BCUT2D eigenvalue weighted by molar-refractivity contribution is 0.459. The van der Waals surface area contributed by atoms with E-state index in [0.717, 1.165) is 44.6 Å². The zero-order valence-electron chi connectivity index (χ0n) is 25.5. The second kappa shape index (κ2) is 11.9. The third-order valence-electron chi connectivity index (χ3n) is 8.60. The summed E-state index contributed by atoms with van der Waals surface area (Å²) >= 11 is 0. The van der Waals surface area contributed by atoms with E-state index in [1.807, 2.05) is 94.5 Å². The number of rotatable bonds is 8. The highest BCUT2D eigenvalue weighted by atomic mass is 16.1. The van der Waals surface area contributed by atoms with Crippen LogP contribution in [-0.4, -0.2) is 29.2 Å². The van der Waals surface area contributed by atoms with Crippen LogP contribution in [0.25, 0.3) is 28.0 Å². The van der Waals surface area contributed by atoms with Crippen molar-refractivity contribution in [2.45, 2.75) is 12.1 Å². The van der Waals surface area contributed by atoms with Crippen molar-refractivity contribution < 1.29 is 0 Å². The summed E-state index contributed by atoms with van der Waals surface area (Å²) in [6.45, 7) is 0.251. The third-order valence-corrected chi connectivity index (χ3v) is 8.60. The molecule has 0 fully saturated rings. The summed E-state index contributed by atoms with van der Waals surface area (Å²) in [6.07, 6.45) is 5.78.